The van der Waals surface area contributed by atoms with E-state index in [4.69, 9.17) is 0 Å². The number of hydrogen-bond donors (Lipinski definition) is 0. The standard InChI is InChI=1S/C43H92N2.2ClH/c1-8-11-14-17-20-23-27-32-37-44(6,38-33-28-24-21-18-15-12-9-2)41-42-45(7,40-35-30-26-31-36-43(4)5)39-34-29-25-22-19-16-13-10-3;;/h43H,8-42H2,1-7H3;2*1H/q+2;;/p-2. The van der Waals surface area contributed by atoms with Crippen molar-refractivity contribution in [2.24, 2.45) is 5.92 Å². The van der Waals surface area contributed by atoms with Gasteiger partial charge in [0.05, 0.1) is 40.3 Å². The van der Waals surface area contributed by atoms with Crippen LogP contribution in [0.15, 0.2) is 0 Å². The molecule has 288 valence electrons. The van der Waals surface area contributed by atoms with Crippen LogP contribution in [0.1, 0.15) is 221 Å². The summed E-state index contributed by atoms with van der Waals surface area (Å²) in [6, 6.07) is 0. The average molecular weight is 708 g/mol. The van der Waals surface area contributed by atoms with Gasteiger partial charge in [-0.1, -0.05) is 169 Å². The van der Waals surface area contributed by atoms with Crippen LogP contribution in [0, 0.1) is 5.92 Å². The highest BCUT2D eigenvalue weighted by atomic mass is 35.5. The van der Waals surface area contributed by atoms with E-state index in [-0.39, 0.29) is 24.8 Å². The van der Waals surface area contributed by atoms with Gasteiger partial charge in [0.15, 0.2) is 0 Å². The maximum atomic E-state index is 2.65. The van der Waals surface area contributed by atoms with E-state index in [9.17, 15) is 0 Å². The molecule has 4 heteroatoms. The van der Waals surface area contributed by atoms with Gasteiger partial charge >= 0.3 is 0 Å². The molecule has 0 aliphatic rings. The van der Waals surface area contributed by atoms with Crippen molar-refractivity contribution in [1.82, 2.24) is 0 Å². The van der Waals surface area contributed by atoms with Crippen molar-refractivity contribution in [2.75, 3.05) is 53.4 Å². The SMILES string of the molecule is CCCCCCCCCC[N+](C)(CCCCCCCCCC)CC[N+](C)(CCCCCCCCCC)CCCCCCC(C)C.[Cl-].[Cl-]. The minimum absolute atomic E-state index is 0. The Bertz CT molecular complexity index is 564. The predicted octanol–water partition coefficient (Wildman–Crippen LogP) is 7.92. The summed E-state index contributed by atoms with van der Waals surface area (Å²) in [5.41, 5.74) is 0. The molecule has 2 nitrogen and oxygen atoms in total. The molecule has 0 aliphatic carbocycles. The molecule has 0 N–H and O–H groups in total. The van der Waals surface area contributed by atoms with E-state index < -0.39 is 0 Å². The number of unbranched alkanes of at least 4 members (excludes halogenated alkanes) is 24. The van der Waals surface area contributed by atoms with Crippen LogP contribution >= 0.6 is 0 Å². The molecule has 0 heterocycles. The van der Waals surface area contributed by atoms with Crippen molar-refractivity contribution in [1.29, 1.82) is 0 Å². The number of nitrogens with zero attached hydrogens (tertiary/aromatic N) is 2. The van der Waals surface area contributed by atoms with Crippen molar-refractivity contribution in [3.8, 4) is 0 Å². The molecule has 0 aromatic heterocycles. The van der Waals surface area contributed by atoms with Crippen LogP contribution in [0.25, 0.3) is 0 Å². The number of halogens is 2. The Kier molecular flexibility index (Phi) is 41.7. The van der Waals surface area contributed by atoms with Crippen LogP contribution < -0.4 is 24.8 Å². The first-order valence-corrected chi connectivity index (χ1v) is 21.5. The molecule has 0 radical (unpaired) electrons. The Morgan fingerprint density at radius 1 is 0.298 bits per heavy atom. The molecule has 0 fully saturated rings. The quantitative estimate of drug-likeness (QED) is 0.0455. The molecule has 0 aliphatic heterocycles. The monoisotopic (exact) mass is 707 g/mol. The highest BCUT2D eigenvalue weighted by Crippen LogP contribution is 2.19. The van der Waals surface area contributed by atoms with E-state index in [1.165, 1.54) is 234 Å². The molecule has 0 amide bonds. The van der Waals surface area contributed by atoms with Gasteiger partial charge in [-0.3, -0.25) is 0 Å². The number of likely N-dealkylation sites (N-methyl/N-ethyl adjacent to an activating group) is 2. The Balaban J connectivity index is -0.00000968. The Labute approximate surface area is 312 Å². The van der Waals surface area contributed by atoms with Gasteiger partial charge in [0.2, 0.25) is 0 Å². The van der Waals surface area contributed by atoms with Crippen molar-refractivity contribution in [3.63, 3.8) is 0 Å². The summed E-state index contributed by atoms with van der Waals surface area (Å²) in [6.07, 6.45) is 41.8. The third-order valence-electron chi connectivity index (χ3n) is 11.1. The molecule has 1 atom stereocenters. The van der Waals surface area contributed by atoms with Gasteiger partial charge in [-0.05, 0) is 57.3 Å². The van der Waals surface area contributed by atoms with Gasteiger partial charge in [-0.2, -0.15) is 0 Å². The van der Waals surface area contributed by atoms with E-state index in [2.05, 4.69) is 48.7 Å². The first kappa shape index (κ1) is 51.9. The van der Waals surface area contributed by atoms with Gasteiger partial charge in [0.25, 0.3) is 0 Å². The highest BCUT2D eigenvalue weighted by molar-refractivity contribution is 4.54. The second-order valence-corrected chi connectivity index (χ2v) is 16.6. The van der Waals surface area contributed by atoms with Gasteiger partial charge in [0, 0.05) is 0 Å². The van der Waals surface area contributed by atoms with E-state index in [0.29, 0.717) is 0 Å². The normalized spacial score (nSPS) is 13.0. The number of quaternary nitrogens is 2. The lowest BCUT2D eigenvalue weighted by Gasteiger charge is -2.40. The molecular formula is C43H92Cl2N2. The summed E-state index contributed by atoms with van der Waals surface area (Å²) in [7, 11) is 5.29. The number of rotatable bonds is 37. The summed E-state index contributed by atoms with van der Waals surface area (Å²) >= 11 is 0. The summed E-state index contributed by atoms with van der Waals surface area (Å²) in [5.74, 6) is 0.866. The fourth-order valence-electron chi connectivity index (χ4n) is 7.44. The third-order valence-corrected chi connectivity index (χ3v) is 11.1. The van der Waals surface area contributed by atoms with Crippen molar-refractivity contribution < 1.29 is 33.8 Å². The molecular weight excluding hydrogens is 615 g/mol. The summed E-state index contributed by atoms with van der Waals surface area (Å²) in [5, 5.41) is 0. The molecule has 0 aromatic rings. The van der Waals surface area contributed by atoms with Crippen LogP contribution in [-0.2, 0) is 0 Å². The maximum absolute atomic E-state index is 2.65. The Morgan fingerprint density at radius 3 is 0.745 bits per heavy atom. The van der Waals surface area contributed by atoms with Crippen LogP contribution in [0.2, 0.25) is 0 Å². The molecule has 0 saturated heterocycles. The zero-order chi connectivity index (χ0) is 33.3. The zero-order valence-corrected chi connectivity index (χ0v) is 35.5. The minimum atomic E-state index is 0. The van der Waals surface area contributed by atoms with E-state index in [1.807, 2.05) is 0 Å². The number of hydrogen-bond acceptors (Lipinski definition) is 0. The topological polar surface area (TPSA) is 0 Å². The molecule has 0 bridgehead atoms. The molecule has 47 heavy (non-hydrogen) atoms. The first-order valence-electron chi connectivity index (χ1n) is 21.5. The third kappa shape index (κ3) is 36.1. The van der Waals surface area contributed by atoms with Crippen LogP contribution in [-0.4, -0.2) is 62.3 Å². The smallest absolute Gasteiger partial charge is 0.128 e. The van der Waals surface area contributed by atoms with Gasteiger partial charge in [-0.15, -0.1) is 0 Å². The fraction of sp³-hybridized carbons (Fsp3) is 1.00. The zero-order valence-electron chi connectivity index (χ0n) is 34.0. The van der Waals surface area contributed by atoms with Gasteiger partial charge in [0.1, 0.15) is 13.1 Å². The predicted molar refractivity (Wildman–Crippen MR) is 207 cm³/mol. The Morgan fingerprint density at radius 2 is 0.511 bits per heavy atom. The maximum Gasteiger partial charge on any atom is 0.128 e. The van der Waals surface area contributed by atoms with E-state index in [1.54, 1.807) is 0 Å². The molecule has 0 rings (SSSR count). The highest BCUT2D eigenvalue weighted by Gasteiger charge is 2.28. The van der Waals surface area contributed by atoms with Gasteiger partial charge in [-0.25, -0.2) is 0 Å². The average Bonchev–Trinajstić information content (AvgIpc) is 3.02. The second-order valence-electron chi connectivity index (χ2n) is 16.6. The lowest BCUT2D eigenvalue weighted by Crippen LogP contribution is -3.00. The van der Waals surface area contributed by atoms with Crippen LogP contribution in [0.4, 0.5) is 0 Å². The first-order chi connectivity index (χ1) is 21.8. The van der Waals surface area contributed by atoms with Gasteiger partial charge < -0.3 is 33.8 Å². The second kappa shape index (κ2) is 37.7. The minimum Gasteiger partial charge on any atom is -1.00 e. The molecule has 0 saturated carbocycles. The fourth-order valence-corrected chi connectivity index (χ4v) is 7.44. The summed E-state index contributed by atoms with van der Waals surface area (Å²) < 4.78 is 2.67. The van der Waals surface area contributed by atoms with Crippen LogP contribution in [0.5, 0.6) is 0 Å². The summed E-state index contributed by atoms with van der Waals surface area (Å²) in [4.78, 5) is 0. The Hall–Kier alpha value is 0.500. The molecule has 1 unspecified atom stereocenters. The van der Waals surface area contributed by atoms with Crippen molar-refractivity contribution >= 4 is 0 Å². The van der Waals surface area contributed by atoms with Crippen molar-refractivity contribution in [3.05, 3.63) is 0 Å². The molecule has 0 aromatic carbocycles. The van der Waals surface area contributed by atoms with E-state index >= 15 is 0 Å². The molecule has 0 spiro atoms. The van der Waals surface area contributed by atoms with Crippen molar-refractivity contribution in [2.45, 2.75) is 221 Å². The lowest BCUT2D eigenvalue weighted by molar-refractivity contribution is -0.964. The van der Waals surface area contributed by atoms with E-state index in [0.717, 1.165) is 5.92 Å². The largest absolute Gasteiger partial charge is 1.00 e. The lowest BCUT2D eigenvalue weighted by atomic mass is 10.0. The summed E-state index contributed by atoms with van der Waals surface area (Å²) in [6.45, 7) is 20.2. The van der Waals surface area contributed by atoms with Crippen LogP contribution in [0.3, 0.4) is 0 Å².